The second-order valence-electron chi connectivity index (χ2n) is 5.05. The third-order valence-electron chi connectivity index (χ3n) is 3.16. The molecule has 116 valence electrons. The van der Waals surface area contributed by atoms with Crippen LogP contribution < -0.4 is 0 Å². The number of rotatable bonds is 3. The molecule has 0 bridgehead atoms. The molecular formula is C17H15F4N. The zero-order chi connectivity index (χ0) is 16.3. The van der Waals surface area contributed by atoms with Crippen molar-refractivity contribution in [2.45, 2.75) is 6.18 Å². The van der Waals surface area contributed by atoms with Gasteiger partial charge in [-0.05, 0) is 53.6 Å². The molecule has 0 aliphatic carbocycles. The Morgan fingerprint density at radius 2 is 1.45 bits per heavy atom. The summed E-state index contributed by atoms with van der Waals surface area (Å²) in [6.45, 7) is 0. The fourth-order valence-corrected chi connectivity index (χ4v) is 2.02. The van der Waals surface area contributed by atoms with E-state index in [2.05, 4.69) is 0 Å². The Bertz CT molecular complexity index is 653. The monoisotopic (exact) mass is 309 g/mol. The van der Waals surface area contributed by atoms with Crippen LogP contribution in [0.15, 0.2) is 48.5 Å². The molecule has 2 rings (SSSR count). The van der Waals surface area contributed by atoms with Crippen LogP contribution >= 0.6 is 0 Å². The SMILES string of the molecule is CN(C)C(=Cc1ccc(C(F)(F)F)cc1)c1ccc(F)cc1. The molecule has 0 heterocycles. The van der Waals surface area contributed by atoms with E-state index in [4.69, 9.17) is 0 Å². The van der Waals surface area contributed by atoms with Crippen molar-refractivity contribution in [2.75, 3.05) is 14.1 Å². The molecule has 2 aromatic carbocycles. The van der Waals surface area contributed by atoms with Gasteiger partial charge >= 0.3 is 6.18 Å². The standard InChI is InChI=1S/C17H15F4N/c1-22(2)16(13-5-9-15(18)10-6-13)11-12-3-7-14(8-4-12)17(19,20)21/h3-11H,1-2H3. The number of halogens is 4. The van der Waals surface area contributed by atoms with E-state index in [0.29, 0.717) is 5.56 Å². The summed E-state index contributed by atoms with van der Waals surface area (Å²) in [5.74, 6) is -0.337. The predicted molar refractivity (Wildman–Crippen MR) is 79.4 cm³/mol. The molecule has 0 N–H and O–H groups in total. The highest BCUT2D eigenvalue weighted by Gasteiger charge is 2.29. The summed E-state index contributed by atoms with van der Waals surface area (Å²) in [6.07, 6.45) is -2.59. The van der Waals surface area contributed by atoms with Gasteiger partial charge in [0.2, 0.25) is 0 Å². The van der Waals surface area contributed by atoms with Crippen LogP contribution in [0.25, 0.3) is 11.8 Å². The van der Waals surface area contributed by atoms with Crippen LogP contribution in [-0.2, 0) is 6.18 Å². The lowest BCUT2D eigenvalue weighted by Crippen LogP contribution is -2.10. The second-order valence-corrected chi connectivity index (χ2v) is 5.05. The van der Waals surface area contributed by atoms with Gasteiger partial charge in [0.25, 0.3) is 0 Å². The molecule has 0 saturated carbocycles. The van der Waals surface area contributed by atoms with Crippen LogP contribution in [0.1, 0.15) is 16.7 Å². The second kappa shape index (κ2) is 6.22. The van der Waals surface area contributed by atoms with Gasteiger partial charge in [-0.1, -0.05) is 12.1 Å². The number of hydrogen-bond donors (Lipinski definition) is 0. The average molecular weight is 309 g/mol. The van der Waals surface area contributed by atoms with Crippen molar-refractivity contribution >= 4 is 11.8 Å². The first-order chi connectivity index (χ1) is 10.3. The summed E-state index contributed by atoms with van der Waals surface area (Å²) in [6, 6.07) is 10.9. The highest BCUT2D eigenvalue weighted by atomic mass is 19.4. The molecule has 0 aliphatic rings. The fraction of sp³-hybridized carbons (Fsp3) is 0.176. The maximum absolute atomic E-state index is 13.0. The van der Waals surface area contributed by atoms with Gasteiger partial charge in [0.15, 0.2) is 0 Å². The van der Waals surface area contributed by atoms with E-state index < -0.39 is 11.7 Å². The minimum absolute atomic E-state index is 0.337. The zero-order valence-electron chi connectivity index (χ0n) is 12.2. The van der Waals surface area contributed by atoms with Gasteiger partial charge in [-0.25, -0.2) is 4.39 Å². The molecule has 2 aromatic rings. The summed E-state index contributed by atoms with van der Waals surface area (Å²) in [5, 5.41) is 0. The quantitative estimate of drug-likeness (QED) is 0.575. The molecule has 0 aromatic heterocycles. The molecule has 0 fully saturated rings. The molecule has 0 amide bonds. The van der Waals surface area contributed by atoms with E-state index in [1.807, 2.05) is 19.0 Å². The Morgan fingerprint density at radius 3 is 1.91 bits per heavy atom. The van der Waals surface area contributed by atoms with Gasteiger partial charge < -0.3 is 4.90 Å². The van der Waals surface area contributed by atoms with E-state index >= 15 is 0 Å². The maximum Gasteiger partial charge on any atom is 0.416 e. The Balaban J connectivity index is 2.36. The van der Waals surface area contributed by atoms with E-state index in [9.17, 15) is 17.6 Å². The third kappa shape index (κ3) is 3.87. The Labute approximate surface area is 126 Å². The molecule has 1 nitrogen and oxygen atoms in total. The lowest BCUT2D eigenvalue weighted by molar-refractivity contribution is -0.137. The minimum atomic E-state index is -4.34. The van der Waals surface area contributed by atoms with Crippen molar-refractivity contribution in [1.82, 2.24) is 4.90 Å². The third-order valence-corrected chi connectivity index (χ3v) is 3.16. The van der Waals surface area contributed by atoms with Crippen molar-refractivity contribution in [3.8, 4) is 0 Å². The Hall–Kier alpha value is -2.30. The molecule has 0 aliphatic heterocycles. The van der Waals surface area contributed by atoms with Crippen LogP contribution in [0, 0.1) is 5.82 Å². The first-order valence-electron chi connectivity index (χ1n) is 6.59. The van der Waals surface area contributed by atoms with Gasteiger partial charge in [0.1, 0.15) is 5.82 Å². The van der Waals surface area contributed by atoms with Crippen molar-refractivity contribution < 1.29 is 17.6 Å². The van der Waals surface area contributed by atoms with Crippen LogP contribution in [0.4, 0.5) is 17.6 Å². The summed E-state index contributed by atoms with van der Waals surface area (Å²) < 4.78 is 50.7. The molecule has 0 atom stereocenters. The summed E-state index contributed by atoms with van der Waals surface area (Å²) in [4.78, 5) is 1.82. The minimum Gasteiger partial charge on any atom is -0.377 e. The van der Waals surface area contributed by atoms with E-state index in [0.717, 1.165) is 23.4 Å². The molecule has 22 heavy (non-hydrogen) atoms. The topological polar surface area (TPSA) is 3.24 Å². The van der Waals surface area contributed by atoms with Gasteiger partial charge in [0, 0.05) is 19.8 Å². The van der Waals surface area contributed by atoms with Crippen LogP contribution in [0.2, 0.25) is 0 Å². The van der Waals surface area contributed by atoms with Gasteiger partial charge in [-0.15, -0.1) is 0 Å². The van der Waals surface area contributed by atoms with Crippen molar-refractivity contribution in [1.29, 1.82) is 0 Å². The first-order valence-corrected chi connectivity index (χ1v) is 6.59. The lowest BCUT2D eigenvalue weighted by Gasteiger charge is -2.18. The number of nitrogens with zero attached hydrogens (tertiary/aromatic N) is 1. The molecule has 0 saturated heterocycles. The Kier molecular flexibility index (Phi) is 4.54. The number of hydrogen-bond acceptors (Lipinski definition) is 1. The van der Waals surface area contributed by atoms with E-state index in [1.165, 1.54) is 24.3 Å². The lowest BCUT2D eigenvalue weighted by atomic mass is 10.1. The van der Waals surface area contributed by atoms with Crippen LogP contribution in [0.3, 0.4) is 0 Å². The number of alkyl halides is 3. The number of benzene rings is 2. The molecule has 0 radical (unpaired) electrons. The first kappa shape index (κ1) is 16.1. The van der Waals surface area contributed by atoms with E-state index in [-0.39, 0.29) is 5.82 Å². The van der Waals surface area contributed by atoms with Crippen LogP contribution in [0.5, 0.6) is 0 Å². The largest absolute Gasteiger partial charge is 0.416 e. The Morgan fingerprint density at radius 1 is 0.909 bits per heavy atom. The molecule has 0 spiro atoms. The van der Waals surface area contributed by atoms with Gasteiger partial charge in [-0.3, -0.25) is 0 Å². The molecular weight excluding hydrogens is 294 g/mol. The average Bonchev–Trinajstić information content (AvgIpc) is 2.45. The molecule has 0 unspecified atom stereocenters. The van der Waals surface area contributed by atoms with Crippen molar-refractivity contribution in [3.05, 3.63) is 71.0 Å². The predicted octanol–water partition coefficient (Wildman–Crippen LogP) is 4.90. The van der Waals surface area contributed by atoms with Crippen LogP contribution in [-0.4, -0.2) is 19.0 Å². The van der Waals surface area contributed by atoms with Gasteiger partial charge in [0.05, 0.1) is 5.56 Å². The van der Waals surface area contributed by atoms with E-state index in [1.54, 1.807) is 18.2 Å². The van der Waals surface area contributed by atoms with Crippen molar-refractivity contribution in [3.63, 3.8) is 0 Å². The summed E-state index contributed by atoms with van der Waals surface area (Å²) >= 11 is 0. The maximum atomic E-state index is 13.0. The van der Waals surface area contributed by atoms with Crippen molar-refractivity contribution in [2.24, 2.45) is 0 Å². The van der Waals surface area contributed by atoms with Gasteiger partial charge in [-0.2, -0.15) is 13.2 Å². The zero-order valence-corrected chi connectivity index (χ0v) is 12.2. The smallest absolute Gasteiger partial charge is 0.377 e. The summed E-state index contributed by atoms with van der Waals surface area (Å²) in [7, 11) is 3.64. The highest BCUT2D eigenvalue weighted by Crippen LogP contribution is 2.30. The molecule has 5 heteroatoms. The fourth-order valence-electron chi connectivity index (χ4n) is 2.02. The normalized spacial score (nSPS) is 12.4. The summed E-state index contributed by atoms with van der Waals surface area (Å²) in [5.41, 5.74) is 1.52. The highest BCUT2D eigenvalue weighted by molar-refractivity contribution is 5.80.